The lowest BCUT2D eigenvalue weighted by Crippen LogP contribution is -2.43. The molecule has 2 aromatic carbocycles. The standard InChI is InChI=1S/C31H40N4O5/c1-9-24(21-12-14-22-25(17-21)34(8)28(38)31(6,7)27(37)33-22)35(29(39)40-30(3,4)5)18(2)20-11-10-19-13-15-26(36)32-23(19)16-20/h10-12,14,16-18,24H,9,13,15H2,1-8H3,(H,32,36)(H,33,37). The molecule has 9 heteroatoms. The second-order valence-corrected chi connectivity index (χ2v) is 12.2. The minimum absolute atomic E-state index is 0.0216. The molecule has 214 valence electrons. The summed E-state index contributed by atoms with van der Waals surface area (Å²) >= 11 is 0. The fourth-order valence-electron chi connectivity index (χ4n) is 5.32. The molecule has 0 saturated carbocycles. The van der Waals surface area contributed by atoms with Crippen LogP contribution in [0.3, 0.4) is 0 Å². The van der Waals surface area contributed by atoms with Crippen molar-refractivity contribution < 1.29 is 23.9 Å². The molecule has 0 spiro atoms. The Morgan fingerprint density at radius 1 is 1.02 bits per heavy atom. The fraction of sp³-hybridized carbons (Fsp3) is 0.484. The van der Waals surface area contributed by atoms with Crippen molar-refractivity contribution in [3.05, 3.63) is 53.1 Å². The number of carbonyl (C=O) groups is 4. The van der Waals surface area contributed by atoms with Gasteiger partial charge in [0.05, 0.1) is 23.5 Å². The van der Waals surface area contributed by atoms with Gasteiger partial charge < -0.3 is 20.3 Å². The molecule has 0 fully saturated rings. The molecule has 40 heavy (non-hydrogen) atoms. The molecule has 2 heterocycles. The molecule has 0 radical (unpaired) electrons. The van der Waals surface area contributed by atoms with Crippen LogP contribution in [0, 0.1) is 5.41 Å². The second-order valence-electron chi connectivity index (χ2n) is 12.2. The maximum Gasteiger partial charge on any atom is 0.411 e. The molecule has 2 aliphatic rings. The Kier molecular flexibility index (Phi) is 7.71. The van der Waals surface area contributed by atoms with Gasteiger partial charge in [-0.05, 0) is 89.3 Å². The summed E-state index contributed by atoms with van der Waals surface area (Å²) < 4.78 is 5.88. The van der Waals surface area contributed by atoms with Crippen molar-refractivity contribution in [2.45, 2.75) is 85.4 Å². The first kappa shape index (κ1) is 29.1. The Morgan fingerprint density at radius 2 is 1.70 bits per heavy atom. The molecule has 2 N–H and O–H groups in total. The van der Waals surface area contributed by atoms with E-state index in [9.17, 15) is 19.2 Å². The van der Waals surface area contributed by atoms with E-state index in [4.69, 9.17) is 4.74 Å². The van der Waals surface area contributed by atoms with E-state index >= 15 is 0 Å². The van der Waals surface area contributed by atoms with Gasteiger partial charge >= 0.3 is 6.09 Å². The van der Waals surface area contributed by atoms with E-state index in [2.05, 4.69) is 10.6 Å². The summed E-state index contributed by atoms with van der Waals surface area (Å²) in [4.78, 5) is 55.0. The van der Waals surface area contributed by atoms with Crippen molar-refractivity contribution in [2.75, 3.05) is 22.6 Å². The fourth-order valence-corrected chi connectivity index (χ4v) is 5.32. The molecule has 0 aromatic heterocycles. The van der Waals surface area contributed by atoms with Crippen molar-refractivity contribution in [1.82, 2.24) is 4.90 Å². The van der Waals surface area contributed by atoms with Gasteiger partial charge in [0.2, 0.25) is 17.7 Å². The third-order valence-electron chi connectivity index (χ3n) is 7.68. The maximum atomic E-state index is 13.8. The Labute approximate surface area is 236 Å². The number of anilines is 3. The van der Waals surface area contributed by atoms with Crippen LogP contribution in [-0.2, 0) is 25.5 Å². The molecule has 0 aliphatic carbocycles. The average Bonchev–Trinajstić information content (AvgIpc) is 2.94. The largest absolute Gasteiger partial charge is 0.444 e. The lowest BCUT2D eigenvalue weighted by molar-refractivity contribution is -0.136. The Hall–Kier alpha value is -3.88. The van der Waals surface area contributed by atoms with Crippen molar-refractivity contribution in [3.8, 4) is 0 Å². The first-order valence-electron chi connectivity index (χ1n) is 13.8. The lowest BCUT2D eigenvalue weighted by Gasteiger charge is -2.38. The molecule has 4 rings (SSSR count). The summed E-state index contributed by atoms with van der Waals surface area (Å²) in [5, 5.41) is 5.83. The number of fused-ring (bicyclic) bond motifs is 2. The van der Waals surface area contributed by atoms with E-state index < -0.39 is 29.2 Å². The summed E-state index contributed by atoms with van der Waals surface area (Å²) in [6, 6.07) is 10.6. The molecule has 0 bridgehead atoms. The zero-order valence-electron chi connectivity index (χ0n) is 24.7. The van der Waals surface area contributed by atoms with Gasteiger partial charge in [-0.25, -0.2) is 4.79 Å². The number of rotatable bonds is 5. The number of carbonyl (C=O) groups excluding carboxylic acids is 4. The first-order valence-corrected chi connectivity index (χ1v) is 13.8. The van der Waals surface area contributed by atoms with Crippen molar-refractivity contribution in [3.63, 3.8) is 0 Å². The normalized spacial score (nSPS) is 18.0. The average molecular weight is 549 g/mol. The number of ether oxygens (including phenoxy) is 1. The smallest absolute Gasteiger partial charge is 0.411 e. The maximum absolute atomic E-state index is 13.8. The minimum atomic E-state index is -1.23. The van der Waals surface area contributed by atoms with E-state index in [0.717, 1.165) is 22.4 Å². The van der Waals surface area contributed by atoms with E-state index in [-0.39, 0.29) is 17.7 Å². The van der Waals surface area contributed by atoms with Crippen LogP contribution in [0.5, 0.6) is 0 Å². The van der Waals surface area contributed by atoms with Gasteiger partial charge in [0.25, 0.3) is 0 Å². The predicted octanol–water partition coefficient (Wildman–Crippen LogP) is 5.96. The van der Waals surface area contributed by atoms with Crippen LogP contribution in [0.25, 0.3) is 0 Å². The summed E-state index contributed by atoms with van der Waals surface area (Å²) in [5.41, 5.74) is 2.65. The molecule has 0 saturated heterocycles. The summed E-state index contributed by atoms with van der Waals surface area (Å²) in [7, 11) is 1.66. The number of hydrogen-bond donors (Lipinski definition) is 2. The topological polar surface area (TPSA) is 108 Å². The van der Waals surface area contributed by atoms with Crippen LogP contribution >= 0.6 is 0 Å². The highest BCUT2D eigenvalue weighted by Crippen LogP contribution is 2.41. The number of benzene rings is 2. The third kappa shape index (κ3) is 5.55. The van der Waals surface area contributed by atoms with E-state index in [1.165, 1.54) is 4.90 Å². The van der Waals surface area contributed by atoms with Gasteiger partial charge in [-0.2, -0.15) is 0 Å². The molecule has 2 aliphatic heterocycles. The van der Waals surface area contributed by atoms with Crippen molar-refractivity contribution >= 4 is 40.9 Å². The quantitative estimate of drug-likeness (QED) is 0.448. The van der Waals surface area contributed by atoms with Crippen LogP contribution < -0.4 is 15.5 Å². The van der Waals surface area contributed by atoms with Crippen LogP contribution in [0.2, 0.25) is 0 Å². The predicted molar refractivity (Wildman–Crippen MR) is 155 cm³/mol. The lowest BCUT2D eigenvalue weighted by atomic mass is 9.91. The monoisotopic (exact) mass is 548 g/mol. The minimum Gasteiger partial charge on any atom is -0.444 e. The molecule has 9 nitrogen and oxygen atoms in total. The van der Waals surface area contributed by atoms with Gasteiger partial charge in [-0.15, -0.1) is 0 Å². The second kappa shape index (κ2) is 10.6. The highest BCUT2D eigenvalue weighted by atomic mass is 16.6. The van der Waals surface area contributed by atoms with Gasteiger partial charge in [-0.1, -0.05) is 25.1 Å². The summed E-state index contributed by atoms with van der Waals surface area (Å²) in [6.45, 7) is 12.6. The summed E-state index contributed by atoms with van der Waals surface area (Å²) in [6.07, 6.45) is 1.23. The molecular formula is C31H40N4O5. The number of aryl methyl sites for hydroxylation is 1. The molecule has 2 atom stereocenters. The molecule has 4 amide bonds. The zero-order valence-corrected chi connectivity index (χ0v) is 24.7. The first-order chi connectivity index (χ1) is 18.6. The van der Waals surface area contributed by atoms with E-state index in [1.54, 1.807) is 31.9 Å². The Bertz CT molecular complexity index is 1360. The number of amides is 4. The van der Waals surface area contributed by atoms with E-state index in [1.807, 2.05) is 65.0 Å². The van der Waals surface area contributed by atoms with Crippen LogP contribution in [0.4, 0.5) is 21.9 Å². The SMILES string of the molecule is CCC(c1ccc2c(c1)N(C)C(=O)C(C)(C)C(=O)N2)N(C(=O)OC(C)(C)C)C(C)c1ccc2c(c1)NC(=O)CC2. The van der Waals surface area contributed by atoms with Gasteiger partial charge in [0.1, 0.15) is 11.0 Å². The van der Waals surface area contributed by atoms with Crippen molar-refractivity contribution in [2.24, 2.45) is 5.41 Å². The van der Waals surface area contributed by atoms with E-state index in [0.29, 0.717) is 30.6 Å². The van der Waals surface area contributed by atoms with Gasteiger partial charge in [-0.3, -0.25) is 19.3 Å². The molecule has 2 aromatic rings. The highest BCUT2D eigenvalue weighted by Gasteiger charge is 2.42. The molecule has 2 unspecified atom stereocenters. The zero-order chi connectivity index (χ0) is 29.6. The number of nitrogens with one attached hydrogen (secondary N) is 2. The Morgan fingerprint density at radius 3 is 2.35 bits per heavy atom. The van der Waals surface area contributed by atoms with Gasteiger partial charge in [0, 0.05) is 19.2 Å². The number of hydrogen-bond acceptors (Lipinski definition) is 5. The highest BCUT2D eigenvalue weighted by molar-refractivity contribution is 6.19. The van der Waals surface area contributed by atoms with Crippen LogP contribution in [0.1, 0.15) is 90.1 Å². The van der Waals surface area contributed by atoms with Crippen molar-refractivity contribution in [1.29, 1.82) is 0 Å². The van der Waals surface area contributed by atoms with Gasteiger partial charge in [0.15, 0.2) is 0 Å². The third-order valence-corrected chi connectivity index (χ3v) is 7.68. The van der Waals surface area contributed by atoms with Crippen LogP contribution in [0.15, 0.2) is 36.4 Å². The van der Waals surface area contributed by atoms with Crippen LogP contribution in [-0.4, -0.2) is 41.4 Å². The molecular weight excluding hydrogens is 508 g/mol. The number of nitrogens with zero attached hydrogens (tertiary/aromatic N) is 2. The summed E-state index contributed by atoms with van der Waals surface area (Å²) in [5.74, 6) is -0.708. The Balaban J connectivity index is 1.78.